The second-order valence-corrected chi connectivity index (χ2v) is 13.5. The average Bonchev–Trinajstić information content (AvgIpc) is 3.18. The van der Waals surface area contributed by atoms with Crippen molar-refractivity contribution in [3.05, 3.63) is 128 Å². The molecule has 13 nitrogen and oxygen atoms in total. The molecule has 1 aliphatic heterocycles. The number of carboxylic acid groups (broad SMARTS) is 2. The molecule has 4 aromatic carbocycles. The number of carboxylic acids is 2. The van der Waals surface area contributed by atoms with Crippen LogP contribution in [0.15, 0.2) is 72.8 Å². The second kappa shape index (κ2) is 15.8. The predicted molar refractivity (Wildman–Crippen MR) is 196 cm³/mol. The summed E-state index contributed by atoms with van der Waals surface area (Å²) in [6, 6.07) is 11.5. The van der Waals surface area contributed by atoms with Gasteiger partial charge in [0, 0.05) is 35.8 Å². The second-order valence-electron chi connectivity index (χ2n) is 13.5. The van der Waals surface area contributed by atoms with Crippen molar-refractivity contribution < 1.29 is 70.1 Å². The first-order valence-corrected chi connectivity index (χ1v) is 17.4. The van der Waals surface area contributed by atoms with E-state index in [1.165, 1.54) is 20.0 Å². The van der Waals surface area contributed by atoms with E-state index in [1.807, 2.05) is 0 Å². The summed E-state index contributed by atoms with van der Waals surface area (Å²) in [5.41, 5.74) is -11.1. The van der Waals surface area contributed by atoms with Crippen molar-refractivity contribution in [1.82, 2.24) is 21.3 Å². The fourth-order valence-electron chi connectivity index (χ4n) is 6.64. The molecule has 59 heavy (non-hydrogen) atoms. The lowest BCUT2D eigenvalue weighted by molar-refractivity contribution is -0.175. The van der Waals surface area contributed by atoms with Crippen LogP contribution in [0, 0.1) is 0 Å². The van der Waals surface area contributed by atoms with E-state index >= 15 is 13.2 Å². The average molecular weight is 829 g/mol. The SMILES string of the molecule is CCNC(=O)c1cc(C(C)(c2cccc(C(=O)NCNC(=O)c3cc4c(cc3C(=O)O)Oc3ccc(C(=O)NC)cc3C4(C)C(F)(F)F)c2)C(F)(F)F)ccc1C(=O)O. The molecule has 0 radical (unpaired) electrons. The Labute approximate surface area is 330 Å². The van der Waals surface area contributed by atoms with E-state index in [0.717, 1.165) is 74.5 Å². The summed E-state index contributed by atoms with van der Waals surface area (Å²) in [6.07, 6.45) is -10.2. The van der Waals surface area contributed by atoms with Crippen molar-refractivity contribution >= 4 is 35.6 Å². The van der Waals surface area contributed by atoms with Crippen molar-refractivity contribution in [2.45, 2.75) is 44.0 Å². The third kappa shape index (κ3) is 7.74. The molecule has 4 amide bonds. The maximum atomic E-state index is 15.0. The molecule has 0 saturated carbocycles. The van der Waals surface area contributed by atoms with Crippen LogP contribution in [0.5, 0.6) is 11.5 Å². The summed E-state index contributed by atoms with van der Waals surface area (Å²) in [6.45, 7) is 2.34. The van der Waals surface area contributed by atoms with E-state index in [4.69, 9.17) is 4.74 Å². The number of hydrogen-bond donors (Lipinski definition) is 6. The first-order chi connectivity index (χ1) is 27.5. The summed E-state index contributed by atoms with van der Waals surface area (Å²) < 4.78 is 95.5. The number of rotatable bonds is 11. The Bertz CT molecular complexity index is 2420. The highest BCUT2D eigenvalue weighted by Crippen LogP contribution is 2.56. The molecule has 0 fully saturated rings. The van der Waals surface area contributed by atoms with Crippen molar-refractivity contribution in [1.29, 1.82) is 0 Å². The van der Waals surface area contributed by atoms with E-state index < -0.39 is 116 Å². The Morgan fingerprint density at radius 1 is 0.644 bits per heavy atom. The van der Waals surface area contributed by atoms with Gasteiger partial charge in [0.2, 0.25) is 0 Å². The van der Waals surface area contributed by atoms with Gasteiger partial charge in [0.1, 0.15) is 22.3 Å². The highest BCUT2D eigenvalue weighted by Gasteiger charge is 2.58. The first kappa shape index (κ1) is 43.2. The molecule has 2 unspecified atom stereocenters. The fourth-order valence-corrected chi connectivity index (χ4v) is 6.64. The zero-order valence-corrected chi connectivity index (χ0v) is 31.4. The molecule has 0 aromatic heterocycles. The lowest BCUT2D eigenvalue weighted by atomic mass is 9.72. The number of ether oxygens (including phenoxy) is 1. The highest BCUT2D eigenvalue weighted by molar-refractivity contribution is 6.06. The summed E-state index contributed by atoms with van der Waals surface area (Å²) in [4.78, 5) is 75.6. The molecule has 4 aromatic rings. The van der Waals surface area contributed by atoms with Gasteiger partial charge in [0.05, 0.1) is 28.9 Å². The number of carbonyl (C=O) groups is 6. The molecule has 1 aliphatic rings. The topological polar surface area (TPSA) is 200 Å². The van der Waals surface area contributed by atoms with Gasteiger partial charge in [-0.1, -0.05) is 18.2 Å². The van der Waals surface area contributed by atoms with Gasteiger partial charge in [-0.3, -0.25) is 19.2 Å². The Morgan fingerprint density at radius 3 is 1.81 bits per heavy atom. The zero-order chi connectivity index (χ0) is 43.8. The van der Waals surface area contributed by atoms with Crippen molar-refractivity contribution in [2.24, 2.45) is 0 Å². The lowest BCUT2D eigenvalue weighted by Crippen LogP contribution is -2.43. The number of aromatic carboxylic acids is 2. The van der Waals surface area contributed by atoms with Gasteiger partial charge >= 0.3 is 24.3 Å². The summed E-state index contributed by atoms with van der Waals surface area (Å²) in [7, 11) is 1.27. The van der Waals surface area contributed by atoms with Gasteiger partial charge in [-0.25, -0.2) is 9.59 Å². The minimum Gasteiger partial charge on any atom is -0.478 e. The molecule has 6 N–H and O–H groups in total. The Hall–Kier alpha value is -6.92. The maximum absolute atomic E-state index is 15.0. The highest BCUT2D eigenvalue weighted by atomic mass is 19.4. The normalized spacial score (nSPS) is 15.6. The van der Waals surface area contributed by atoms with E-state index in [9.17, 15) is 52.2 Å². The van der Waals surface area contributed by atoms with Crippen LogP contribution in [0.3, 0.4) is 0 Å². The van der Waals surface area contributed by atoms with Crippen LogP contribution in [-0.2, 0) is 10.8 Å². The summed E-state index contributed by atoms with van der Waals surface area (Å²) in [5, 5.41) is 28.6. The Balaban J connectivity index is 1.44. The van der Waals surface area contributed by atoms with Crippen LogP contribution in [0.25, 0.3) is 0 Å². The number of carbonyl (C=O) groups excluding carboxylic acids is 4. The molecule has 310 valence electrons. The third-order valence-electron chi connectivity index (χ3n) is 10.1. The van der Waals surface area contributed by atoms with E-state index in [2.05, 4.69) is 21.3 Å². The van der Waals surface area contributed by atoms with Crippen molar-refractivity contribution in [2.75, 3.05) is 20.3 Å². The minimum absolute atomic E-state index is 0.0496. The van der Waals surface area contributed by atoms with Crippen LogP contribution < -0.4 is 26.0 Å². The van der Waals surface area contributed by atoms with Crippen LogP contribution in [0.4, 0.5) is 26.3 Å². The summed E-state index contributed by atoms with van der Waals surface area (Å²) in [5.74, 6) is -8.05. The number of hydrogen-bond acceptors (Lipinski definition) is 7. The largest absolute Gasteiger partial charge is 0.478 e. The Morgan fingerprint density at radius 2 is 1.22 bits per heavy atom. The van der Waals surface area contributed by atoms with Crippen molar-refractivity contribution in [3.8, 4) is 11.5 Å². The van der Waals surface area contributed by atoms with Crippen LogP contribution in [0.1, 0.15) is 105 Å². The van der Waals surface area contributed by atoms with Crippen molar-refractivity contribution in [3.63, 3.8) is 0 Å². The van der Waals surface area contributed by atoms with Crippen LogP contribution >= 0.6 is 0 Å². The third-order valence-corrected chi connectivity index (χ3v) is 10.1. The van der Waals surface area contributed by atoms with Gasteiger partial charge in [-0.05, 0) is 86.5 Å². The molecular weight excluding hydrogens is 794 g/mol. The number of fused-ring (bicyclic) bond motifs is 2. The van der Waals surface area contributed by atoms with Gasteiger partial charge < -0.3 is 36.2 Å². The van der Waals surface area contributed by atoms with E-state index in [1.54, 1.807) is 0 Å². The van der Waals surface area contributed by atoms with Gasteiger partial charge in [-0.2, -0.15) is 26.3 Å². The van der Waals surface area contributed by atoms with Crippen LogP contribution in [0.2, 0.25) is 0 Å². The zero-order valence-electron chi connectivity index (χ0n) is 31.4. The predicted octanol–water partition coefficient (Wildman–Crippen LogP) is 6.15. The van der Waals surface area contributed by atoms with Gasteiger partial charge in [0.25, 0.3) is 23.6 Å². The quantitative estimate of drug-likeness (QED) is 0.0758. The molecule has 0 aliphatic carbocycles. The molecular formula is C40H34F6N4O9. The molecule has 19 heteroatoms. The minimum atomic E-state index is -5.08. The number of amides is 4. The standard InChI is InChI=1S/C40H34F6N4O9/c1-5-48-33(53)24-15-22(10-11-23(24)35(55)56)37(2,39(41,42)43)21-8-6-7-19(13-21)32(52)49-18-50-34(54)25-16-28-30(17-26(25)36(57)58)59-29-12-9-20(31(51)47-4)14-27(29)38(28,3)40(44,45)46/h6-17H,5,18H2,1-4H3,(H,47,51)(H,48,53)(H,49,52)(H,50,54)(H,55,56)(H,57,58). The smallest absolute Gasteiger partial charge is 0.402 e. The summed E-state index contributed by atoms with van der Waals surface area (Å²) >= 11 is 0. The number of benzene rings is 4. The Kier molecular flexibility index (Phi) is 11.6. The van der Waals surface area contributed by atoms with Crippen LogP contribution in [-0.4, -0.2) is 78.4 Å². The molecule has 0 bridgehead atoms. The number of halogens is 6. The molecule has 0 spiro atoms. The fraction of sp³-hybridized carbons (Fsp3) is 0.250. The lowest BCUT2D eigenvalue weighted by Gasteiger charge is -2.39. The molecule has 5 rings (SSSR count). The van der Waals surface area contributed by atoms with E-state index in [-0.39, 0.29) is 23.4 Å². The van der Waals surface area contributed by atoms with Gasteiger partial charge in [0.15, 0.2) is 0 Å². The van der Waals surface area contributed by atoms with E-state index in [0.29, 0.717) is 6.07 Å². The molecule has 1 heterocycles. The van der Waals surface area contributed by atoms with Gasteiger partial charge in [-0.15, -0.1) is 0 Å². The first-order valence-electron chi connectivity index (χ1n) is 17.4. The molecule has 0 saturated heterocycles. The number of alkyl halides is 6. The maximum Gasteiger partial charge on any atom is 0.402 e. The number of nitrogens with one attached hydrogen (secondary N) is 4. The molecule has 2 atom stereocenters. The monoisotopic (exact) mass is 828 g/mol.